The first-order valence-electron chi connectivity index (χ1n) is 8.41. The molecule has 0 aliphatic heterocycles. The van der Waals surface area contributed by atoms with Crippen LogP contribution in [0.5, 0.6) is 0 Å². The fourth-order valence-corrected chi connectivity index (χ4v) is 1.77. The summed E-state index contributed by atoms with van der Waals surface area (Å²) in [6.45, 7) is 11.8. The summed E-state index contributed by atoms with van der Waals surface area (Å²) in [5.74, 6) is 0. The van der Waals surface area contributed by atoms with E-state index in [2.05, 4.69) is 9.80 Å². The van der Waals surface area contributed by atoms with Gasteiger partial charge in [-0.15, -0.1) is 0 Å². The minimum atomic E-state index is 0. The van der Waals surface area contributed by atoms with Crippen molar-refractivity contribution in [2.45, 2.75) is 6.92 Å². The van der Waals surface area contributed by atoms with Gasteiger partial charge in [0, 0.05) is 119 Å². The molecule has 13 N–H and O–H groups in total. The van der Waals surface area contributed by atoms with Gasteiger partial charge in [0.05, 0.1) is 0 Å². The molecule has 148 valence electrons. The van der Waals surface area contributed by atoms with Crippen molar-refractivity contribution in [2.75, 3.05) is 85.1 Å². The number of hydrogen-bond acceptors (Lipinski definition) is 8. The topological polar surface area (TPSA) is 186 Å². The van der Waals surface area contributed by atoms with Gasteiger partial charge in [-0.1, -0.05) is 6.92 Å². The van der Waals surface area contributed by atoms with Crippen LogP contribution in [0.25, 0.3) is 5.73 Å². The summed E-state index contributed by atoms with van der Waals surface area (Å²) in [5, 5.41) is 0. The summed E-state index contributed by atoms with van der Waals surface area (Å²) in [6, 6.07) is 0. The van der Waals surface area contributed by atoms with E-state index in [1.807, 2.05) is 0 Å². The zero-order valence-corrected chi connectivity index (χ0v) is 18.8. The van der Waals surface area contributed by atoms with Crippen LogP contribution in [0.15, 0.2) is 0 Å². The summed E-state index contributed by atoms with van der Waals surface area (Å²) in [6.07, 6.45) is 0. The van der Waals surface area contributed by atoms with E-state index in [1.54, 1.807) is 6.92 Å². The fraction of sp³-hybridized carbons (Fsp3) is 1.00. The first kappa shape index (κ1) is 32.6. The number of rotatable bonds is 12. The molecule has 0 aromatic heterocycles. The second kappa shape index (κ2) is 31.7. The number of nitrogens with one attached hydrogen (secondary N) is 1. The van der Waals surface area contributed by atoms with Gasteiger partial charge in [-0.05, 0) is 0 Å². The Bertz CT molecular complexity index is 143. The average molecular weight is 481 g/mol. The van der Waals surface area contributed by atoms with Gasteiger partial charge in [0.15, 0.2) is 0 Å². The molecule has 24 heavy (non-hydrogen) atoms. The van der Waals surface area contributed by atoms with E-state index in [-0.39, 0.29) is 40.8 Å². The molecular weight excluding hydrogens is 438 g/mol. The maximum atomic E-state index is 6.21. The minimum Gasteiger partial charge on any atom is -0.678 e. The summed E-state index contributed by atoms with van der Waals surface area (Å²) >= 11 is 0. The second-order valence-corrected chi connectivity index (χ2v) is 4.77. The van der Waals surface area contributed by atoms with Crippen molar-refractivity contribution in [3.05, 3.63) is 5.73 Å². The van der Waals surface area contributed by atoms with Gasteiger partial charge in [-0.25, -0.2) is 0 Å². The predicted octanol–water partition coefficient (Wildman–Crippen LogP) is -2.61. The summed E-state index contributed by atoms with van der Waals surface area (Å²) in [7, 11) is 0. The van der Waals surface area contributed by atoms with Crippen LogP contribution >= 0.6 is 0 Å². The molecular formula is C14H42N9Nd-. The van der Waals surface area contributed by atoms with Crippen LogP contribution in [-0.2, 0) is 0 Å². The Labute approximate surface area is 181 Å². The van der Waals surface area contributed by atoms with Gasteiger partial charge >= 0.3 is 0 Å². The van der Waals surface area contributed by atoms with Gasteiger partial charge < -0.3 is 40.1 Å². The molecule has 0 aromatic rings. The number of nitrogens with zero attached hydrogens (tertiary/aromatic N) is 2. The van der Waals surface area contributed by atoms with Crippen LogP contribution in [0, 0.1) is 40.8 Å². The van der Waals surface area contributed by atoms with E-state index in [0.717, 1.165) is 39.3 Å². The van der Waals surface area contributed by atoms with Gasteiger partial charge in [-0.3, -0.25) is 9.80 Å². The zero-order valence-electron chi connectivity index (χ0n) is 15.6. The van der Waals surface area contributed by atoms with Gasteiger partial charge in [-0.2, -0.15) is 6.54 Å². The normalized spacial score (nSPS) is 9.75. The molecule has 9 nitrogen and oxygen atoms in total. The molecule has 0 saturated carbocycles. The van der Waals surface area contributed by atoms with Gasteiger partial charge in [0.1, 0.15) is 0 Å². The Kier molecular flexibility index (Phi) is 43.2. The molecule has 0 bridgehead atoms. The molecule has 0 aliphatic rings. The van der Waals surface area contributed by atoms with E-state index in [1.165, 1.54) is 0 Å². The molecule has 0 fully saturated rings. The van der Waals surface area contributed by atoms with Crippen molar-refractivity contribution in [2.24, 2.45) is 34.4 Å². The summed E-state index contributed by atoms with van der Waals surface area (Å²) in [5.41, 5.74) is 38.4. The zero-order chi connectivity index (χ0) is 18.3. The van der Waals surface area contributed by atoms with E-state index in [4.69, 9.17) is 40.1 Å². The third-order valence-electron chi connectivity index (χ3n) is 2.67. The smallest absolute Gasteiger partial charge is 0.0106 e. The molecule has 0 rings (SSSR count). The number of hydrogen-bond donors (Lipinski definition) is 6. The monoisotopic (exact) mass is 478 g/mol. The first-order valence-corrected chi connectivity index (χ1v) is 8.41. The molecule has 0 saturated heterocycles. The molecule has 0 amide bonds. The van der Waals surface area contributed by atoms with Crippen molar-refractivity contribution in [1.29, 1.82) is 0 Å². The quantitative estimate of drug-likeness (QED) is 0.175. The molecule has 10 heteroatoms. The average Bonchev–Trinajstić information content (AvgIpc) is 2.50. The Morgan fingerprint density at radius 1 is 0.542 bits per heavy atom. The molecule has 0 atom stereocenters. The van der Waals surface area contributed by atoms with Crippen LogP contribution < -0.4 is 34.4 Å². The molecule has 0 heterocycles. The third kappa shape index (κ3) is 30.8. The van der Waals surface area contributed by atoms with Gasteiger partial charge in [0.2, 0.25) is 0 Å². The molecule has 0 aliphatic carbocycles. The van der Waals surface area contributed by atoms with E-state index >= 15 is 0 Å². The molecule has 0 aromatic carbocycles. The van der Waals surface area contributed by atoms with E-state index in [9.17, 15) is 0 Å². The first-order chi connectivity index (χ1) is 11.1. The Morgan fingerprint density at radius 2 is 0.667 bits per heavy atom. The van der Waals surface area contributed by atoms with E-state index < -0.39 is 0 Å². The van der Waals surface area contributed by atoms with Crippen LogP contribution in [0.1, 0.15) is 6.92 Å². The fourth-order valence-electron chi connectivity index (χ4n) is 1.77. The van der Waals surface area contributed by atoms with E-state index in [0.29, 0.717) is 45.8 Å². The number of nitrogens with two attached hydrogens (primary N) is 6. The molecule has 0 unspecified atom stereocenters. The standard InChI is InChI=1S/2C6H18N4.C2H6N.Nd/c2*7-1-4-10(5-2-8)6-3-9;1-2-3;/h2*1-9H2;3H,2H2,1H3;/q;;-1;. The van der Waals surface area contributed by atoms with Crippen molar-refractivity contribution >= 4 is 0 Å². The summed E-state index contributed by atoms with van der Waals surface area (Å²) in [4.78, 5) is 4.33. The van der Waals surface area contributed by atoms with Crippen molar-refractivity contribution in [3.63, 3.8) is 0 Å². The Balaban J connectivity index is -0.000000138. The third-order valence-corrected chi connectivity index (χ3v) is 2.67. The maximum Gasteiger partial charge on any atom is 0.0106 e. The van der Waals surface area contributed by atoms with Crippen molar-refractivity contribution in [1.82, 2.24) is 9.80 Å². The van der Waals surface area contributed by atoms with Crippen LogP contribution in [0.2, 0.25) is 0 Å². The minimum absolute atomic E-state index is 0. The van der Waals surface area contributed by atoms with Crippen molar-refractivity contribution < 1.29 is 40.8 Å². The Morgan fingerprint density at radius 3 is 0.750 bits per heavy atom. The molecule has 0 radical (unpaired) electrons. The predicted molar refractivity (Wildman–Crippen MR) is 102 cm³/mol. The summed E-state index contributed by atoms with van der Waals surface area (Å²) < 4.78 is 0. The van der Waals surface area contributed by atoms with Crippen molar-refractivity contribution in [3.8, 4) is 0 Å². The second-order valence-electron chi connectivity index (χ2n) is 4.77. The SMILES string of the molecule is CC[NH-].NCCN(CCN)CCN.NCCN(CCN)CCN.[Nd]. The Hall–Kier alpha value is 0.991. The maximum absolute atomic E-state index is 6.21. The largest absolute Gasteiger partial charge is 0.678 e. The molecule has 0 spiro atoms. The van der Waals surface area contributed by atoms with Gasteiger partial charge in [0.25, 0.3) is 0 Å². The van der Waals surface area contributed by atoms with Crippen LogP contribution in [0.4, 0.5) is 0 Å². The van der Waals surface area contributed by atoms with Crippen LogP contribution in [-0.4, -0.2) is 94.9 Å². The van der Waals surface area contributed by atoms with Crippen LogP contribution in [0.3, 0.4) is 0 Å².